The van der Waals surface area contributed by atoms with Crippen LogP contribution in [0.4, 0.5) is 4.79 Å². The van der Waals surface area contributed by atoms with Crippen molar-refractivity contribution in [1.82, 2.24) is 4.90 Å². The number of hydrogen-bond acceptors (Lipinski definition) is 5. The fourth-order valence-electron chi connectivity index (χ4n) is 3.97. The highest BCUT2D eigenvalue weighted by Crippen LogP contribution is 2.34. The molecule has 6 nitrogen and oxygen atoms in total. The number of esters is 1. The third kappa shape index (κ3) is 4.78. The molecule has 0 bridgehead atoms. The molecule has 3 rings (SSSR count). The van der Waals surface area contributed by atoms with E-state index in [0.717, 1.165) is 23.5 Å². The van der Waals surface area contributed by atoms with Crippen molar-refractivity contribution in [2.24, 2.45) is 11.8 Å². The second-order valence-corrected chi connectivity index (χ2v) is 8.16. The lowest BCUT2D eigenvalue weighted by molar-refractivity contribution is -0.147. The van der Waals surface area contributed by atoms with Gasteiger partial charge in [-0.05, 0) is 54.4 Å². The Morgan fingerprint density at radius 1 is 1.21 bits per heavy atom. The molecule has 1 unspecified atom stereocenters. The minimum absolute atomic E-state index is 0.233. The van der Waals surface area contributed by atoms with Crippen LogP contribution in [0.15, 0.2) is 18.2 Å². The normalized spacial score (nSPS) is 19.4. The van der Waals surface area contributed by atoms with Gasteiger partial charge in [0, 0.05) is 6.54 Å². The van der Waals surface area contributed by atoms with Gasteiger partial charge >= 0.3 is 12.1 Å². The van der Waals surface area contributed by atoms with Crippen LogP contribution in [0.25, 0.3) is 0 Å². The van der Waals surface area contributed by atoms with Crippen LogP contribution in [-0.2, 0) is 20.7 Å². The van der Waals surface area contributed by atoms with E-state index >= 15 is 0 Å². The first kappa shape index (κ1) is 20.5. The molecule has 28 heavy (non-hydrogen) atoms. The monoisotopic (exact) mass is 389 g/mol. The number of amides is 1. The summed E-state index contributed by atoms with van der Waals surface area (Å²) in [7, 11) is 1.34. The Morgan fingerprint density at radius 3 is 2.64 bits per heavy atom. The zero-order valence-corrected chi connectivity index (χ0v) is 17.1. The van der Waals surface area contributed by atoms with E-state index in [2.05, 4.69) is 0 Å². The number of fused-ring (bicyclic) bond motifs is 1. The van der Waals surface area contributed by atoms with E-state index in [1.807, 2.05) is 32.0 Å². The maximum Gasteiger partial charge on any atom is 0.410 e. The summed E-state index contributed by atoms with van der Waals surface area (Å²) >= 11 is 0. The van der Waals surface area contributed by atoms with E-state index in [1.165, 1.54) is 37.7 Å². The first-order valence-electron chi connectivity index (χ1n) is 10.3. The Labute approximate surface area is 167 Å². The minimum Gasteiger partial charge on any atom is -0.493 e. The number of rotatable bonds is 6. The van der Waals surface area contributed by atoms with Crippen LogP contribution in [0.5, 0.6) is 5.75 Å². The smallest absolute Gasteiger partial charge is 0.410 e. The van der Waals surface area contributed by atoms with Gasteiger partial charge in [0.1, 0.15) is 5.75 Å². The van der Waals surface area contributed by atoms with Gasteiger partial charge in [-0.15, -0.1) is 0 Å². The number of hydrogen-bond donors (Lipinski definition) is 0. The fourth-order valence-corrected chi connectivity index (χ4v) is 3.97. The SMILES string of the molecule is COC(=O)C1c2ccc(OCC3CCCC3)cc2CCN1C(=O)OCC(C)C. The topological polar surface area (TPSA) is 65.1 Å². The molecule has 0 radical (unpaired) electrons. The quantitative estimate of drug-likeness (QED) is 0.685. The minimum atomic E-state index is -0.780. The van der Waals surface area contributed by atoms with Crippen molar-refractivity contribution in [3.05, 3.63) is 29.3 Å². The van der Waals surface area contributed by atoms with Gasteiger partial charge in [0.2, 0.25) is 0 Å². The summed E-state index contributed by atoms with van der Waals surface area (Å²) < 4.78 is 16.3. The highest BCUT2D eigenvalue weighted by molar-refractivity contribution is 5.84. The molecular weight excluding hydrogens is 358 g/mol. The summed E-state index contributed by atoms with van der Waals surface area (Å²) in [6.07, 6.45) is 5.24. The molecule has 1 aromatic rings. The summed E-state index contributed by atoms with van der Waals surface area (Å²) in [5, 5.41) is 0. The predicted molar refractivity (Wildman–Crippen MR) is 105 cm³/mol. The third-order valence-corrected chi connectivity index (χ3v) is 5.50. The lowest BCUT2D eigenvalue weighted by atomic mass is 9.92. The molecule has 6 heteroatoms. The molecule has 1 aliphatic heterocycles. The van der Waals surface area contributed by atoms with Crippen LogP contribution in [0, 0.1) is 11.8 Å². The first-order valence-corrected chi connectivity index (χ1v) is 10.3. The number of ether oxygens (including phenoxy) is 3. The van der Waals surface area contributed by atoms with E-state index < -0.39 is 18.1 Å². The standard InChI is InChI=1S/C22H31NO5/c1-15(2)13-28-22(25)23-11-10-17-12-18(27-14-16-6-4-5-7-16)8-9-19(17)20(23)21(24)26-3/h8-9,12,15-16,20H,4-7,10-11,13-14H2,1-3H3. The number of nitrogens with zero attached hydrogens (tertiary/aromatic N) is 1. The number of carbonyl (C=O) groups is 2. The van der Waals surface area contributed by atoms with Crippen LogP contribution < -0.4 is 4.74 Å². The molecule has 1 heterocycles. The fraction of sp³-hybridized carbons (Fsp3) is 0.636. The maximum absolute atomic E-state index is 12.5. The van der Waals surface area contributed by atoms with Crippen molar-refractivity contribution >= 4 is 12.1 Å². The van der Waals surface area contributed by atoms with Crippen molar-refractivity contribution in [2.75, 3.05) is 26.9 Å². The molecule has 0 saturated heterocycles. The van der Waals surface area contributed by atoms with Gasteiger partial charge < -0.3 is 14.2 Å². The highest BCUT2D eigenvalue weighted by Gasteiger charge is 2.38. The number of benzene rings is 1. The van der Waals surface area contributed by atoms with Gasteiger partial charge in [-0.25, -0.2) is 9.59 Å². The maximum atomic E-state index is 12.5. The van der Waals surface area contributed by atoms with E-state index in [-0.39, 0.29) is 5.92 Å². The molecule has 0 N–H and O–H groups in total. The molecule has 1 saturated carbocycles. The molecule has 1 atom stereocenters. The Hall–Kier alpha value is -2.24. The van der Waals surface area contributed by atoms with E-state index in [1.54, 1.807) is 0 Å². The van der Waals surface area contributed by atoms with Crippen molar-refractivity contribution in [3.63, 3.8) is 0 Å². The molecule has 0 spiro atoms. The van der Waals surface area contributed by atoms with Crippen LogP contribution in [0.2, 0.25) is 0 Å². The van der Waals surface area contributed by atoms with Crippen molar-refractivity contribution in [1.29, 1.82) is 0 Å². The van der Waals surface area contributed by atoms with Gasteiger partial charge in [-0.1, -0.05) is 32.8 Å². The van der Waals surface area contributed by atoms with Crippen LogP contribution >= 0.6 is 0 Å². The van der Waals surface area contributed by atoms with Gasteiger partial charge in [0.05, 0.1) is 20.3 Å². The van der Waals surface area contributed by atoms with Crippen molar-refractivity contribution in [3.8, 4) is 5.75 Å². The molecule has 1 amide bonds. The van der Waals surface area contributed by atoms with Crippen LogP contribution in [0.3, 0.4) is 0 Å². The Morgan fingerprint density at radius 2 is 1.96 bits per heavy atom. The van der Waals surface area contributed by atoms with E-state index in [0.29, 0.717) is 25.5 Å². The Bertz CT molecular complexity index is 696. The van der Waals surface area contributed by atoms with Crippen LogP contribution in [-0.4, -0.2) is 43.8 Å². The lowest BCUT2D eigenvalue weighted by Crippen LogP contribution is -2.44. The molecule has 1 aromatic carbocycles. The summed E-state index contributed by atoms with van der Waals surface area (Å²) in [4.78, 5) is 26.5. The molecule has 1 aliphatic carbocycles. The molecule has 2 aliphatic rings. The lowest BCUT2D eigenvalue weighted by Gasteiger charge is -2.35. The van der Waals surface area contributed by atoms with E-state index in [4.69, 9.17) is 14.2 Å². The molecule has 1 fully saturated rings. The average Bonchev–Trinajstić information content (AvgIpc) is 3.22. The summed E-state index contributed by atoms with van der Waals surface area (Å²) in [6.45, 7) is 5.43. The second-order valence-electron chi connectivity index (χ2n) is 8.16. The van der Waals surface area contributed by atoms with Crippen molar-refractivity contribution in [2.45, 2.75) is 52.0 Å². The zero-order chi connectivity index (χ0) is 20.1. The highest BCUT2D eigenvalue weighted by atomic mass is 16.6. The number of methoxy groups -OCH3 is 1. The van der Waals surface area contributed by atoms with Gasteiger partial charge in [0.15, 0.2) is 6.04 Å². The largest absolute Gasteiger partial charge is 0.493 e. The summed E-state index contributed by atoms with van der Waals surface area (Å²) in [5.74, 6) is 1.24. The van der Waals surface area contributed by atoms with Gasteiger partial charge in [-0.2, -0.15) is 0 Å². The Kier molecular flexibility index (Phi) is 6.81. The second kappa shape index (κ2) is 9.30. The van der Waals surface area contributed by atoms with Crippen LogP contribution in [0.1, 0.15) is 56.7 Å². The average molecular weight is 389 g/mol. The number of carbonyl (C=O) groups excluding carboxylic acids is 2. The van der Waals surface area contributed by atoms with Gasteiger partial charge in [-0.3, -0.25) is 4.90 Å². The third-order valence-electron chi connectivity index (χ3n) is 5.50. The van der Waals surface area contributed by atoms with E-state index in [9.17, 15) is 9.59 Å². The molecular formula is C22H31NO5. The summed E-state index contributed by atoms with van der Waals surface area (Å²) in [5.41, 5.74) is 1.81. The van der Waals surface area contributed by atoms with Crippen molar-refractivity contribution < 1.29 is 23.8 Å². The summed E-state index contributed by atoms with van der Waals surface area (Å²) in [6, 6.07) is 4.98. The van der Waals surface area contributed by atoms with Gasteiger partial charge in [0.25, 0.3) is 0 Å². The molecule has 0 aromatic heterocycles. The first-order chi connectivity index (χ1) is 13.5. The zero-order valence-electron chi connectivity index (χ0n) is 17.1. The Balaban J connectivity index is 1.74. The predicted octanol–water partition coefficient (Wildman–Crippen LogP) is 4.12. The molecule has 154 valence electrons.